The summed E-state index contributed by atoms with van der Waals surface area (Å²) < 4.78 is 15.1. The maximum atomic E-state index is 13.1. The molecule has 3 rings (SSSR count). The lowest BCUT2D eigenvalue weighted by Crippen LogP contribution is -2.33. The summed E-state index contributed by atoms with van der Waals surface area (Å²) in [7, 11) is 0. The minimum absolute atomic E-state index is 0.0523. The number of nitrogens with one attached hydrogen (secondary N) is 1. The number of nitrogens with zero attached hydrogens (tertiary/aromatic N) is 1. The standard InChI is InChI=1S/C19H21FN2O2/c1-12-9-18(19(24)21-16-6-3-14(10-16)11-23)13(2)22(12)17-7-4-15(20)5-8-17/h3-9,14,16,23H,10-11H2,1-2H3,(H,21,24)/t14-,16+/m0/s1. The van der Waals surface area contributed by atoms with Gasteiger partial charge in [0.25, 0.3) is 5.91 Å². The third kappa shape index (κ3) is 3.12. The monoisotopic (exact) mass is 328 g/mol. The first kappa shape index (κ1) is 16.5. The predicted molar refractivity (Wildman–Crippen MR) is 90.8 cm³/mol. The van der Waals surface area contributed by atoms with Gasteiger partial charge in [0.15, 0.2) is 0 Å². The molecule has 1 aliphatic carbocycles. The van der Waals surface area contributed by atoms with Crippen LogP contribution in [-0.4, -0.2) is 28.2 Å². The maximum Gasteiger partial charge on any atom is 0.253 e. The van der Waals surface area contributed by atoms with Crippen LogP contribution in [0.2, 0.25) is 0 Å². The first-order valence-electron chi connectivity index (χ1n) is 8.04. The van der Waals surface area contributed by atoms with E-state index in [1.165, 1.54) is 12.1 Å². The van der Waals surface area contributed by atoms with Crippen molar-refractivity contribution in [1.29, 1.82) is 0 Å². The third-order valence-electron chi connectivity index (χ3n) is 4.48. The second kappa shape index (κ2) is 6.61. The molecular weight excluding hydrogens is 307 g/mol. The number of aliphatic hydroxyl groups is 1. The van der Waals surface area contributed by atoms with Gasteiger partial charge in [0.05, 0.1) is 5.56 Å². The van der Waals surface area contributed by atoms with E-state index >= 15 is 0 Å². The van der Waals surface area contributed by atoms with Gasteiger partial charge in [-0.25, -0.2) is 4.39 Å². The highest BCUT2D eigenvalue weighted by molar-refractivity contribution is 5.96. The molecule has 0 fully saturated rings. The average molecular weight is 328 g/mol. The minimum atomic E-state index is -0.286. The molecule has 1 aromatic carbocycles. The van der Waals surface area contributed by atoms with Gasteiger partial charge >= 0.3 is 0 Å². The molecule has 24 heavy (non-hydrogen) atoms. The molecule has 2 atom stereocenters. The maximum absolute atomic E-state index is 13.1. The van der Waals surface area contributed by atoms with E-state index in [0.717, 1.165) is 23.5 Å². The van der Waals surface area contributed by atoms with Crippen LogP contribution in [0.4, 0.5) is 4.39 Å². The number of carbonyl (C=O) groups is 1. The van der Waals surface area contributed by atoms with Gasteiger partial charge in [0.1, 0.15) is 5.82 Å². The first-order chi connectivity index (χ1) is 11.5. The van der Waals surface area contributed by atoms with Crippen molar-refractivity contribution in [3.8, 4) is 5.69 Å². The number of halogens is 1. The Morgan fingerprint density at radius 3 is 2.62 bits per heavy atom. The summed E-state index contributed by atoms with van der Waals surface area (Å²) in [5.41, 5.74) is 3.17. The number of hydrogen-bond acceptors (Lipinski definition) is 2. The molecule has 0 spiro atoms. The Morgan fingerprint density at radius 2 is 2.00 bits per heavy atom. The van der Waals surface area contributed by atoms with Gasteiger partial charge in [-0.05, 0) is 50.6 Å². The van der Waals surface area contributed by atoms with E-state index in [4.69, 9.17) is 0 Å². The fourth-order valence-electron chi connectivity index (χ4n) is 3.24. The molecule has 126 valence electrons. The topological polar surface area (TPSA) is 54.3 Å². The number of hydrogen-bond donors (Lipinski definition) is 2. The van der Waals surface area contributed by atoms with Crippen molar-refractivity contribution in [1.82, 2.24) is 9.88 Å². The van der Waals surface area contributed by atoms with E-state index in [2.05, 4.69) is 5.32 Å². The molecule has 0 saturated carbocycles. The van der Waals surface area contributed by atoms with Crippen molar-refractivity contribution in [3.05, 3.63) is 65.3 Å². The Kier molecular flexibility index (Phi) is 4.53. The second-order valence-corrected chi connectivity index (χ2v) is 6.24. The smallest absolute Gasteiger partial charge is 0.253 e. The number of amides is 1. The molecular formula is C19H21FN2O2. The number of carbonyl (C=O) groups excluding carboxylic acids is 1. The van der Waals surface area contributed by atoms with E-state index in [1.54, 1.807) is 12.1 Å². The fraction of sp³-hybridized carbons (Fsp3) is 0.316. The van der Waals surface area contributed by atoms with Crippen molar-refractivity contribution < 1.29 is 14.3 Å². The second-order valence-electron chi connectivity index (χ2n) is 6.24. The molecule has 4 nitrogen and oxygen atoms in total. The summed E-state index contributed by atoms with van der Waals surface area (Å²) in [4.78, 5) is 12.6. The summed E-state index contributed by atoms with van der Waals surface area (Å²) in [5, 5.41) is 12.2. The molecule has 0 aliphatic heterocycles. The van der Waals surface area contributed by atoms with Crippen molar-refractivity contribution in [2.45, 2.75) is 26.3 Å². The number of benzene rings is 1. The van der Waals surface area contributed by atoms with Crippen LogP contribution in [0.25, 0.3) is 5.69 Å². The Labute approximate surface area is 140 Å². The minimum Gasteiger partial charge on any atom is -0.396 e. The molecule has 0 bridgehead atoms. The summed E-state index contributed by atoms with van der Waals surface area (Å²) in [5.74, 6) is -0.308. The number of aryl methyl sites for hydroxylation is 1. The van der Waals surface area contributed by atoms with E-state index in [1.807, 2.05) is 36.6 Å². The first-order valence-corrected chi connectivity index (χ1v) is 8.04. The van der Waals surface area contributed by atoms with E-state index in [9.17, 15) is 14.3 Å². The van der Waals surface area contributed by atoms with Crippen LogP contribution in [0.3, 0.4) is 0 Å². The summed E-state index contributed by atoms with van der Waals surface area (Å²) in [6, 6.07) is 8.00. The normalized spacial score (nSPS) is 19.7. The van der Waals surface area contributed by atoms with Gasteiger partial charge in [0.2, 0.25) is 0 Å². The quantitative estimate of drug-likeness (QED) is 0.848. The lowest BCUT2D eigenvalue weighted by atomic mass is 10.1. The number of aliphatic hydroxyl groups excluding tert-OH is 1. The van der Waals surface area contributed by atoms with Crippen LogP contribution in [-0.2, 0) is 0 Å². The Balaban J connectivity index is 1.82. The van der Waals surface area contributed by atoms with Crippen LogP contribution in [0, 0.1) is 25.6 Å². The highest BCUT2D eigenvalue weighted by Gasteiger charge is 2.22. The van der Waals surface area contributed by atoms with E-state index in [-0.39, 0.29) is 30.3 Å². The molecule has 1 amide bonds. The van der Waals surface area contributed by atoms with Gasteiger partial charge in [-0.1, -0.05) is 12.2 Å². The van der Waals surface area contributed by atoms with Crippen LogP contribution in [0.15, 0.2) is 42.5 Å². The molecule has 1 aliphatic rings. The zero-order valence-corrected chi connectivity index (χ0v) is 13.8. The predicted octanol–water partition coefficient (Wildman–Crippen LogP) is 2.90. The molecule has 0 radical (unpaired) electrons. The highest BCUT2D eigenvalue weighted by Crippen LogP contribution is 2.22. The molecule has 2 aromatic rings. The lowest BCUT2D eigenvalue weighted by molar-refractivity contribution is 0.0940. The van der Waals surface area contributed by atoms with Crippen molar-refractivity contribution in [3.63, 3.8) is 0 Å². The van der Waals surface area contributed by atoms with Crippen LogP contribution < -0.4 is 5.32 Å². The Bertz CT molecular complexity index is 777. The highest BCUT2D eigenvalue weighted by atomic mass is 19.1. The van der Waals surface area contributed by atoms with Gasteiger partial charge in [-0.3, -0.25) is 4.79 Å². The summed E-state index contributed by atoms with van der Waals surface area (Å²) in [6.07, 6.45) is 4.59. The fourth-order valence-corrected chi connectivity index (χ4v) is 3.24. The van der Waals surface area contributed by atoms with E-state index < -0.39 is 0 Å². The molecule has 1 heterocycles. The van der Waals surface area contributed by atoms with Crippen molar-refractivity contribution >= 4 is 5.91 Å². The molecule has 0 unspecified atom stereocenters. The van der Waals surface area contributed by atoms with Gasteiger partial charge in [-0.15, -0.1) is 0 Å². The zero-order chi connectivity index (χ0) is 17.3. The summed E-state index contributed by atoms with van der Waals surface area (Å²) >= 11 is 0. The third-order valence-corrected chi connectivity index (χ3v) is 4.48. The molecule has 0 saturated heterocycles. The molecule has 5 heteroatoms. The molecule has 2 N–H and O–H groups in total. The zero-order valence-electron chi connectivity index (χ0n) is 13.8. The number of rotatable bonds is 4. The molecule has 1 aromatic heterocycles. The largest absolute Gasteiger partial charge is 0.396 e. The van der Waals surface area contributed by atoms with Gasteiger partial charge < -0.3 is 15.0 Å². The summed E-state index contributed by atoms with van der Waals surface area (Å²) in [6.45, 7) is 3.90. The average Bonchev–Trinajstić information content (AvgIpc) is 3.13. The Hall–Kier alpha value is -2.40. The van der Waals surface area contributed by atoms with Crippen LogP contribution >= 0.6 is 0 Å². The lowest BCUT2D eigenvalue weighted by Gasteiger charge is -2.13. The van der Waals surface area contributed by atoms with E-state index in [0.29, 0.717) is 5.56 Å². The van der Waals surface area contributed by atoms with Crippen molar-refractivity contribution in [2.75, 3.05) is 6.61 Å². The van der Waals surface area contributed by atoms with Gasteiger partial charge in [-0.2, -0.15) is 0 Å². The number of aromatic nitrogens is 1. The SMILES string of the molecule is Cc1cc(C(=O)N[C@@H]2C=C[C@H](CO)C2)c(C)n1-c1ccc(F)cc1. The van der Waals surface area contributed by atoms with Crippen molar-refractivity contribution in [2.24, 2.45) is 5.92 Å². The van der Waals surface area contributed by atoms with Crippen LogP contribution in [0.1, 0.15) is 28.2 Å². The Morgan fingerprint density at radius 1 is 1.29 bits per heavy atom. The van der Waals surface area contributed by atoms with Crippen LogP contribution in [0.5, 0.6) is 0 Å². The van der Waals surface area contributed by atoms with Gasteiger partial charge in [0, 0.05) is 35.6 Å².